The fourth-order valence-electron chi connectivity index (χ4n) is 4.12. The molecule has 0 bridgehead atoms. The molecule has 5 heteroatoms. The van der Waals surface area contributed by atoms with Gasteiger partial charge in [0.25, 0.3) is 5.91 Å². The Morgan fingerprint density at radius 3 is 2.58 bits per heavy atom. The number of hydrogen-bond donors (Lipinski definition) is 0. The second kappa shape index (κ2) is 6.93. The Labute approximate surface area is 155 Å². The predicted molar refractivity (Wildman–Crippen MR) is 98.9 cm³/mol. The van der Waals surface area contributed by atoms with Gasteiger partial charge < -0.3 is 14.2 Å². The highest BCUT2D eigenvalue weighted by molar-refractivity contribution is 5.93. The van der Waals surface area contributed by atoms with Gasteiger partial charge in [-0.15, -0.1) is 0 Å². The van der Waals surface area contributed by atoms with Gasteiger partial charge in [0.2, 0.25) is 0 Å². The van der Waals surface area contributed by atoms with Crippen molar-refractivity contribution in [1.82, 2.24) is 9.47 Å². The zero-order valence-electron chi connectivity index (χ0n) is 15.8. The Morgan fingerprint density at radius 2 is 1.96 bits per heavy atom. The van der Waals surface area contributed by atoms with Gasteiger partial charge >= 0.3 is 5.97 Å². The van der Waals surface area contributed by atoms with Crippen LogP contribution in [0.3, 0.4) is 0 Å². The Balaban J connectivity index is 1.41. The highest BCUT2D eigenvalue weighted by atomic mass is 16.5. The Morgan fingerprint density at radius 1 is 1.19 bits per heavy atom. The van der Waals surface area contributed by atoms with Gasteiger partial charge in [-0.2, -0.15) is 0 Å². The molecular formula is C21H28N2O3. The van der Waals surface area contributed by atoms with E-state index in [1.165, 1.54) is 19.3 Å². The van der Waals surface area contributed by atoms with Gasteiger partial charge in [0.15, 0.2) is 6.61 Å². The van der Waals surface area contributed by atoms with Crippen LogP contribution in [0.2, 0.25) is 0 Å². The van der Waals surface area contributed by atoms with E-state index >= 15 is 0 Å². The predicted octanol–water partition coefficient (Wildman–Crippen LogP) is 4.05. The minimum Gasteiger partial charge on any atom is -0.452 e. The molecule has 2 fully saturated rings. The van der Waals surface area contributed by atoms with E-state index < -0.39 is 0 Å². The van der Waals surface area contributed by atoms with Crippen LogP contribution in [0.4, 0.5) is 0 Å². The van der Waals surface area contributed by atoms with Crippen molar-refractivity contribution >= 4 is 11.9 Å². The molecule has 0 N–H and O–H groups in total. The molecule has 1 heterocycles. The van der Waals surface area contributed by atoms with Crippen molar-refractivity contribution in [3.05, 3.63) is 34.8 Å². The maximum absolute atomic E-state index is 12.7. The van der Waals surface area contributed by atoms with E-state index in [2.05, 4.69) is 10.6 Å². The molecule has 4 rings (SSSR count). The Bertz CT molecular complexity index is 754. The molecule has 26 heavy (non-hydrogen) atoms. The third-order valence-electron chi connectivity index (χ3n) is 5.70. The highest BCUT2D eigenvalue weighted by Gasteiger charge is 2.35. The summed E-state index contributed by atoms with van der Waals surface area (Å²) in [6.45, 7) is 3.82. The molecule has 1 aromatic rings. The number of aromatic nitrogens is 1. The van der Waals surface area contributed by atoms with Gasteiger partial charge in [-0.25, -0.2) is 4.79 Å². The number of ether oxygens (including phenoxy) is 1. The Kier molecular flexibility index (Phi) is 4.63. The second-order valence-electron chi connectivity index (χ2n) is 7.90. The summed E-state index contributed by atoms with van der Waals surface area (Å²) < 4.78 is 7.64. The summed E-state index contributed by atoms with van der Waals surface area (Å²) >= 11 is 0. The fraction of sp³-hybridized carbons (Fsp3) is 0.619. The maximum atomic E-state index is 12.7. The van der Waals surface area contributed by atoms with Gasteiger partial charge in [0.1, 0.15) is 0 Å². The minimum atomic E-state index is -0.383. The molecule has 2 saturated carbocycles. The summed E-state index contributed by atoms with van der Waals surface area (Å²) in [5, 5.41) is 0. The van der Waals surface area contributed by atoms with Crippen LogP contribution in [0.1, 0.15) is 79.2 Å². The monoisotopic (exact) mass is 356 g/mol. The highest BCUT2D eigenvalue weighted by Crippen LogP contribution is 2.38. The first-order chi connectivity index (χ1) is 12.6. The molecule has 0 radical (unpaired) electrons. The largest absolute Gasteiger partial charge is 0.452 e. The van der Waals surface area contributed by atoms with Crippen LogP contribution in [0.15, 0.2) is 17.8 Å². The Hall–Kier alpha value is -2.04. The van der Waals surface area contributed by atoms with Crippen LogP contribution in [0.5, 0.6) is 0 Å². The van der Waals surface area contributed by atoms with Crippen molar-refractivity contribution < 1.29 is 14.3 Å². The number of allylic oxidation sites excluding steroid dienone is 2. The van der Waals surface area contributed by atoms with E-state index in [0.29, 0.717) is 17.6 Å². The number of esters is 1. The molecular weight excluding hydrogens is 328 g/mol. The van der Waals surface area contributed by atoms with Crippen molar-refractivity contribution in [2.24, 2.45) is 0 Å². The average molecular weight is 356 g/mol. The summed E-state index contributed by atoms with van der Waals surface area (Å²) in [6, 6.07) is 2.73. The van der Waals surface area contributed by atoms with E-state index in [1.54, 1.807) is 0 Å². The molecule has 0 unspecified atom stereocenters. The van der Waals surface area contributed by atoms with E-state index in [4.69, 9.17) is 4.74 Å². The van der Waals surface area contributed by atoms with Crippen LogP contribution < -0.4 is 0 Å². The van der Waals surface area contributed by atoms with Crippen molar-refractivity contribution in [3.63, 3.8) is 0 Å². The summed E-state index contributed by atoms with van der Waals surface area (Å²) in [6.07, 6.45) is 11.0. The smallest absolute Gasteiger partial charge is 0.340 e. The third-order valence-corrected chi connectivity index (χ3v) is 5.70. The number of aryl methyl sites for hydroxylation is 1. The lowest BCUT2D eigenvalue weighted by atomic mass is 10.0. The first kappa shape index (κ1) is 17.4. The van der Waals surface area contributed by atoms with Gasteiger partial charge in [0.05, 0.1) is 5.56 Å². The number of amides is 1. The molecule has 3 aliphatic rings. The van der Waals surface area contributed by atoms with Gasteiger partial charge in [-0.05, 0) is 71.3 Å². The van der Waals surface area contributed by atoms with E-state index in [1.807, 2.05) is 24.8 Å². The number of carbonyl (C=O) groups excluding carboxylic acids is 2. The van der Waals surface area contributed by atoms with Crippen molar-refractivity contribution in [1.29, 1.82) is 0 Å². The normalized spacial score (nSPS) is 19.8. The quantitative estimate of drug-likeness (QED) is 0.723. The molecule has 0 atom stereocenters. The van der Waals surface area contributed by atoms with Crippen LogP contribution in [-0.4, -0.2) is 34.0 Å². The molecule has 5 nitrogen and oxygen atoms in total. The summed E-state index contributed by atoms with van der Waals surface area (Å²) in [5.41, 5.74) is 3.77. The fourth-order valence-corrected chi connectivity index (χ4v) is 4.12. The molecule has 0 aliphatic heterocycles. The van der Waals surface area contributed by atoms with Crippen molar-refractivity contribution in [2.75, 3.05) is 6.61 Å². The first-order valence-electron chi connectivity index (χ1n) is 9.93. The summed E-state index contributed by atoms with van der Waals surface area (Å²) in [5.74, 6) is -0.461. The zero-order chi connectivity index (χ0) is 18.3. The van der Waals surface area contributed by atoms with Crippen LogP contribution in [0.25, 0.3) is 0 Å². The van der Waals surface area contributed by atoms with Crippen molar-refractivity contribution in [2.45, 2.75) is 77.3 Å². The maximum Gasteiger partial charge on any atom is 0.340 e. The molecule has 140 valence electrons. The molecule has 0 aromatic carbocycles. The van der Waals surface area contributed by atoms with Gasteiger partial charge in [0, 0.05) is 29.2 Å². The molecule has 0 spiro atoms. The number of carbonyl (C=O) groups is 2. The molecule has 0 saturated heterocycles. The van der Waals surface area contributed by atoms with E-state index in [9.17, 15) is 9.59 Å². The lowest BCUT2D eigenvalue weighted by Gasteiger charge is -2.27. The zero-order valence-corrected chi connectivity index (χ0v) is 15.8. The van der Waals surface area contributed by atoms with Crippen LogP contribution >= 0.6 is 0 Å². The summed E-state index contributed by atoms with van der Waals surface area (Å²) in [4.78, 5) is 27.2. The van der Waals surface area contributed by atoms with E-state index in [-0.39, 0.29) is 18.5 Å². The standard InChI is InChI=1S/C21H28N2O3/c1-14-12-19(15(2)22(14)17-8-9-17)21(25)26-13-20(24)23(18-10-11-18)16-6-4-3-5-7-16/h6,12,17-18H,3-5,7-11,13H2,1-2H3. The first-order valence-corrected chi connectivity index (χ1v) is 9.93. The lowest BCUT2D eigenvalue weighted by Crippen LogP contribution is -2.36. The molecule has 1 amide bonds. The van der Waals surface area contributed by atoms with Gasteiger partial charge in [-0.3, -0.25) is 4.79 Å². The number of rotatable bonds is 6. The molecule has 3 aliphatic carbocycles. The van der Waals surface area contributed by atoms with Crippen LogP contribution in [0, 0.1) is 13.8 Å². The summed E-state index contributed by atoms with van der Waals surface area (Å²) in [7, 11) is 0. The number of hydrogen-bond acceptors (Lipinski definition) is 3. The van der Waals surface area contributed by atoms with E-state index in [0.717, 1.165) is 49.2 Å². The minimum absolute atomic E-state index is 0.0787. The van der Waals surface area contributed by atoms with Crippen molar-refractivity contribution in [3.8, 4) is 0 Å². The average Bonchev–Trinajstić information content (AvgIpc) is 3.54. The van der Waals surface area contributed by atoms with Crippen LogP contribution in [-0.2, 0) is 9.53 Å². The molecule has 1 aromatic heterocycles. The van der Waals surface area contributed by atoms with Gasteiger partial charge in [-0.1, -0.05) is 6.08 Å². The lowest BCUT2D eigenvalue weighted by molar-refractivity contribution is -0.133. The topological polar surface area (TPSA) is 51.5 Å². The SMILES string of the molecule is Cc1cc(C(=O)OCC(=O)N(C2=CCCCC2)C2CC2)c(C)n1C1CC1. The number of nitrogens with zero attached hydrogens (tertiary/aromatic N) is 2. The second-order valence-corrected chi connectivity index (χ2v) is 7.90. The third kappa shape index (κ3) is 3.44.